The molecule has 0 unspecified atom stereocenters. The second kappa shape index (κ2) is 7.74. The van der Waals surface area contributed by atoms with Crippen LogP contribution >= 0.6 is 0 Å². The molecule has 2 rings (SSSR count). The summed E-state index contributed by atoms with van der Waals surface area (Å²) in [6.45, 7) is 5.34. The van der Waals surface area contributed by atoms with Crippen LogP contribution < -0.4 is 0 Å². The molecule has 0 aliphatic heterocycles. The molecule has 2 aliphatic rings. The fraction of sp³-hybridized carbons (Fsp3) is 1.00. The minimum atomic E-state index is -0.547. The van der Waals surface area contributed by atoms with Gasteiger partial charge in [0.2, 0.25) is 11.6 Å². The third kappa shape index (κ3) is 4.17. The van der Waals surface area contributed by atoms with Gasteiger partial charge in [0.1, 0.15) is 0 Å². The molecule has 0 heterocycles. The highest BCUT2D eigenvalue weighted by atomic mass is 17.3. The normalized spacial score (nSPS) is 25.5. The Bertz CT molecular complexity index is 229. The smallest absolute Gasteiger partial charge is 0.201 e. The molecule has 0 spiro atoms. The van der Waals surface area contributed by atoms with Crippen molar-refractivity contribution in [3.05, 3.63) is 0 Å². The Labute approximate surface area is 123 Å². The second-order valence-corrected chi connectivity index (χ2v) is 5.98. The largest absolute Gasteiger partial charge is 0.348 e. The third-order valence-corrected chi connectivity index (χ3v) is 4.39. The summed E-state index contributed by atoms with van der Waals surface area (Å²) in [5, 5.41) is 0. The predicted molar refractivity (Wildman–Crippen MR) is 77.1 cm³/mol. The molecule has 0 saturated heterocycles. The molecule has 0 amide bonds. The average molecular weight is 286 g/mol. The van der Waals surface area contributed by atoms with E-state index in [9.17, 15) is 0 Å². The topological polar surface area (TPSA) is 36.9 Å². The molecule has 0 atom stereocenters. The minimum Gasteiger partial charge on any atom is -0.348 e. The Balaban J connectivity index is 1.94. The highest BCUT2D eigenvalue weighted by Crippen LogP contribution is 2.38. The highest BCUT2D eigenvalue weighted by Gasteiger charge is 2.41. The Morgan fingerprint density at radius 2 is 0.950 bits per heavy atom. The van der Waals surface area contributed by atoms with Crippen molar-refractivity contribution in [3.63, 3.8) is 0 Å². The van der Waals surface area contributed by atoms with Gasteiger partial charge in [-0.15, -0.1) is 0 Å². The van der Waals surface area contributed by atoms with Crippen LogP contribution in [0.15, 0.2) is 0 Å². The van der Waals surface area contributed by atoms with Crippen molar-refractivity contribution < 1.29 is 19.2 Å². The van der Waals surface area contributed by atoms with Crippen molar-refractivity contribution in [1.29, 1.82) is 0 Å². The van der Waals surface area contributed by atoms with Crippen molar-refractivity contribution in [1.82, 2.24) is 0 Å². The van der Waals surface area contributed by atoms with Crippen molar-refractivity contribution in [3.8, 4) is 0 Å². The quantitative estimate of drug-likeness (QED) is 0.396. The maximum absolute atomic E-state index is 5.88. The molecule has 0 bridgehead atoms. The van der Waals surface area contributed by atoms with E-state index in [2.05, 4.69) is 0 Å². The van der Waals surface area contributed by atoms with Gasteiger partial charge in [0.15, 0.2) is 0 Å². The van der Waals surface area contributed by atoms with E-state index >= 15 is 0 Å². The van der Waals surface area contributed by atoms with Gasteiger partial charge in [0.25, 0.3) is 0 Å². The van der Waals surface area contributed by atoms with Crippen LogP contribution in [0.1, 0.15) is 78.1 Å². The van der Waals surface area contributed by atoms with Gasteiger partial charge in [-0.2, -0.15) is 9.78 Å². The maximum Gasteiger partial charge on any atom is 0.201 e. The van der Waals surface area contributed by atoms with Crippen LogP contribution in [0.5, 0.6) is 0 Å². The molecule has 0 aromatic rings. The second-order valence-electron chi connectivity index (χ2n) is 5.98. The summed E-state index contributed by atoms with van der Waals surface area (Å²) in [6.07, 6.45) is 10.8. The minimum absolute atomic E-state index is 0.547. The number of ether oxygens (including phenoxy) is 2. The molecule has 2 aliphatic carbocycles. The summed E-state index contributed by atoms with van der Waals surface area (Å²) in [5.74, 6) is -1.09. The van der Waals surface area contributed by atoms with Crippen LogP contribution in [0.2, 0.25) is 0 Å². The Hall–Kier alpha value is -0.160. The Kier molecular flexibility index (Phi) is 6.27. The summed E-state index contributed by atoms with van der Waals surface area (Å²) >= 11 is 0. The van der Waals surface area contributed by atoms with E-state index in [0.29, 0.717) is 13.2 Å². The lowest BCUT2D eigenvalue weighted by molar-refractivity contribution is -0.511. The first kappa shape index (κ1) is 16.2. The fourth-order valence-electron chi connectivity index (χ4n) is 3.36. The maximum atomic E-state index is 5.88. The lowest BCUT2D eigenvalue weighted by Crippen LogP contribution is -2.45. The monoisotopic (exact) mass is 286 g/mol. The van der Waals surface area contributed by atoms with Crippen molar-refractivity contribution in [2.75, 3.05) is 13.2 Å². The molecule has 0 N–H and O–H groups in total. The van der Waals surface area contributed by atoms with Crippen LogP contribution in [-0.4, -0.2) is 24.8 Å². The highest BCUT2D eigenvalue weighted by molar-refractivity contribution is 4.77. The van der Waals surface area contributed by atoms with E-state index in [1.807, 2.05) is 13.8 Å². The summed E-state index contributed by atoms with van der Waals surface area (Å²) in [5.41, 5.74) is 0. The van der Waals surface area contributed by atoms with Gasteiger partial charge in [0.05, 0.1) is 0 Å². The van der Waals surface area contributed by atoms with Crippen LogP contribution in [0, 0.1) is 0 Å². The lowest BCUT2D eigenvalue weighted by Gasteiger charge is -2.41. The SMILES string of the molecule is CCOC1(OOC2(OCC)CCCCC2)CCCCC1. The molecule has 4 heteroatoms. The number of hydrogen-bond acceptors (Lipinski definition) is 4. The molecule has 2 fully saturated rings. The number of hydrogen-bond donors (Lipinski definition) is 0. The summed E-state index contributed by atoms with van der Waals surface area (Å²) in [6, 6.07) is 0. The fourth-order valence-corrected chi connectivity index (χ4v) is 3.36. The summed E-state index contributed by atoms with van der Waals surface area (Å²) in [4.78, 5) is 11.7. The zero-order valence-electron chi connectivity index (χ0n) is 13.1. The molecule has 0 aromatic carbocycles. The standard InChI is InChI=1S/C16H30O4/c1-3-17-15(11-7-5-8-12-15)19-20-16(18-4-2)13-9-6-10-14-16/h3-14H2,1-2H3. The van der Waals surface area contributed by atoms with E-state index in [0.717, 1.165) is 51.4 Å². The predicted octanol–water partition coefficient (Wildman–Crippen LogP) is 4.33. The van der Waals surface area contributed by atoms with Gasteiger partial charge in [-0.25, -0.2) is 0 Å². The van der Waals surface area contributed by atoms with Crippen LogP contribution in [0.25, 0.3) is 0 Å². The molecule has 20 heavy (non-hydrogen) atoms. The van der Waals surface area contributed by atoms with Crippen molar-refractivity contribution >= 4 is 0 Å². The van der Waals surface area contributed by atoms with E-state index in [1.165, 1.54) is 12.8 Å². The van der Waals surface area contributed by atoms with Crippen LogP contribution in [0.4, 0.5) is 0 Å². The molecule has 4 nitrogen and oxygen atoms in total. The number of rotatable bonds is 7. The molecule has 118 valence electrons. The van der Waals surface area contributed by atoms with Gasteiger partial charge in [-0.1, -0.05) is 12.8 Å². The van der Waals surface area contributed by atoms with Crippen molar-refractivity contribution in [2.24, 2.45) is 0 Å². The average Bonchev–Trinajstić information content (AvgIpc) is 2.48. The van der Waals surface area contributed by atoms with E-state index in [1.54, 1.807) is 0 Å². The van der Waals surface area contributed by atoms with Gasteiger partial charge in [-0.05, 0) is 39.5 Å². The zero-order chi connectivity index (χ0) is 14.3. The summed E-state index contributed by atoms with van der Waals surface area (Å²) in [7, 11) is 0. The first-order chi connectivity index (χ1) is 9.74. The first-order valence-corrected chi connectivity index (χ1v) is 8.39. The van der Waals surface area contributed by atoms with Crippen molar-refractivity contribution in [2.45, 2.75) is 89.6 Å². The molecule has 2 saturated carbocycles. The van der Waals surface area contributed by atoms with E-state index in [-0.39, 0.29) is 0 Å². The molecular weight excluding hydrogens is 256 g/mol. The first-order valence-electron chi connectivity index (χ1n) is 8.39. The van der Waals surface area contributed by atoms with E-state index < -0.39 is 11.6 Å². The third-order valence-electron chi connectivity index (χ3n) is 4.39. The zero-order valence-corrected chi connectivity index (χ0v) is 13.1. The van der Waals surface area contributed by atoms with Gasteiger partial charge >= 0.3 is 0 Å². The Morgan fingerprint density at radius 1 is 0.600 bits per heavy atom. The lowest BCUT2D eigenvalue weighted by atomic mass is 9.94. The van der Waals surface area contributed by atoms with Gasteiger partial charge in [-0.3, -0.25) is 0 Å². The molecule has 0 radical (unpaired) electrons. The summed E-state index contributed by atoms with van der Waals surface area (Å²) < 4.78 is 11.8. The van der Waals surface area contributed by atoms with Gasteiger partial charge < -0.3 is 9.47 Å². The van der Waals surface area contributed by atoms with Crippen LogP contribution in [0.3, 0.4) is 0 Å². The molecule has 0 aromatic heterocycles. The van der Waals surface area contributed by atoms with Crippen LogP contribution in [-0.2, 0) is 19.2 Å². The van der Waals surface area contributed by atoms with Gasteiger partial charge in [0, 0.05) is 38.9 Å². The Morgan fingerprint density at radius 3 is 1.25 bits per heavy atom. The molecular formula is C16H30O4. The van der Waals surface area contributed by atoms with E-state index in [4.69, 9.17) is 19.2 Å².